The smallest absolute Gasteiger partial charge is 0.255 e. The molecule has 2 aromatic rings. The van der Waals surface area contributed by atoms with Crippen molar-refractivity contribution >= 4 is 0 Å². The van der Waals surface area contributed by atoms with Crippen LogP contribution in [0.15, 0.2) is 36.5 Å². The fraction of sp³-hybridized carbons (Fsp3) is 0.522. The molecule has 0 aliphatic heterocycles. The second kappa shape index (κ2) is 7.02. The van der Waals surface area contributed by atoms with Crippen LogP contribution in [0.5, 0.6) is 11.6 Å². The molecule has 0 amide bonds. The summed E-state index contributed by atoms with van der Waals surface area (Å²) in [5.74, 6) is 4.21. The van der Waals surface area contributed by atoms with Crippen LogP contribution in [0.25, 0.3) is 0 Å². The van der Waals surface area contributed by atoms with Crippen molar-refractivity contribution in [1.82, 2.24) is 4.98 Å². The first-order valence-electron chi connectivity index (χ1n) is 9.89. The average molecular weight is 353 g/mol. The van der Waals surface area contributed by atoms with Gasteiger partial charge in [-0.1, -0.05) is 26.0 Å². The van der Waals surface area contributed by atoms with Crippen LogP contribution in [0.2, 0.25) is 0 Å². The third kappa shape index (κ3) is 3.49. The zero-order chi connectivity index (χ0) is 18.3. The van der Waals surface area contributed by atoms with Crippen LogP contribution in [0, 0.1) is 36.4 Å². The Morgan fingerprint density at radius 3 is 2.54 bits per heavy atom. The molecule has 1 aromatic carbocycles. The van der Waals surface area contributed by atoms with E-state index in [-0.39, 0.29) is 5.88 Å². The van der Waals surface area contributed by atoms with E-state index in [9.17, 15) is 4.39 Å². The van der Waals surface area contributed by atoms with Gasteiger partial charge in [-0.05, 0) is 91.5 Å². The molecule has 0 N–H and O–H groups in total. The quantitative estimate of drug-likeness (QED) is 0.628. The number of hydrogen-bond donors (Lipinski definition) is 0. The van der Waals surface area contributed by atoms with Crippen LogP contribution >= 0.6 is 0 Å². The molecule has 26 heavy (non-hydrogen) atoms. The number of ether oxygens (including phenoxy) is 1. The number of pyridine rings is 1. The van der Waals surface area contributed by atoms with Crippen molar-refractivity contribution < 1.29 is 9.13 Å². The van der Waals surface area contributed by atoms with Gasteiger partial charge < -0.3 is 4.74 Å². The number of benzene rings is 1. The van der Waals surface area contributed by atoms with Gasteiger partial charge in [0.15, 0.2) is 5.82 Å². The molecule has 5 unspecified atom stereocenters. The van der Waals surface area contributed by atoms with E-state index < -0.39 is 5.82 Å². The third-order valence-electron chi connectivity index (χ3n) is 6.33. The average Bonchev–Trinajstić information content (AvgIpc) is 2.58. The Balaban J connectivity index is 1.52. The number of halogens is 1. The van der Waals surface area contributed by atoms with Gasteiger partial charge in [0.25, 0.3) is 5.88 Å². The SMILES string of the molecule is Cc1cnc(Oc2ccc(C3C(C)CC4CC(C)CC3C4)cc2)c(F)c1. The Hall–Kier alpha value is -1.90. The van der Waals surface area contributed by atoms with Crippen LogP contribution in [0.3, 0.4) is 0 Å². The fourth-order valence-corrected chi connectivity index (χ4v) is 5.49. The highest BCUT2D eigenvalue weighted by atomic mass is 19.1. The maximum absolute atomic E-state index is 13.9. The monoisotopic (exact) mass is 353 g/mol. The van der Waals surface area contributed by atoms with Gasteiger partial charge in [0, 0.05) is 6.20 Å². The second-order valence-corrected chi connectivity index (χ2v) is 8.65. The minimum absolute atomic E-state index is 0.0401. The highest BCUT2D eigenvalue weighted by Crippen LogP contribution is 2.52. The van der Waals surface area contributed by atoms with Crippen LogP contribution in [-0.4, -0.2) is 4.98 Å². The highest BCUT2D eigenvalue weighted by Gasteiger charge is 2.40. The number of aryl methyl sites for hydroxylation is 1. The number of aromatic nitrogens is 1. The van der Waals surface area contributed by atoms with Crippen LogP contribution in [-0.2, 0) is 0 Å². The molecule has 0 radical (unpaired) electrons. The van der Waals surface area contributed by atoms with Gasteiger partial charge in [0.05, 0.1) is 0 Å². The summed E-state index contributed by atoms with van der Waals surface area (Å²) in [6, 6.07) is 9.70. The number of nitrogens with zero attached hydrogens (tertiary/aromatic N) is 1. The lowest BCUT2D eigenvalue weighted by Gasteiger charge is -2.46. The first-order valence-corrected chi connectivity index (χ1v) is 9.89. The summed E-state index contributed by atoms with van der Waals surface area (Å²) in [7, 11) is 0. The molecule has 2 fully saturated rings. The molecule has 138 valence electrons. The standard InChI is InChI=1S/C23H28FNO/c1-14-8-17-11-16(3)22(19(9-14)12-17)18-4-6-20(7-5-18)26-23-21(24)10-15(2)13-25-23/h4-7,10,13-14,16-17,19,22H,8-9,11-12H2,1-3H3. The predicted molar refractivity (Wildman–Crippen MR) is 102 cm³/mol. The lowest BCUT2D eigenvalue weighted by atomic mass is 9.59. The van der Waals surface area contributed by atoms with Gasteiger partial charge in [0.2, 0.25) is 0 Å². The van der Waals surface area contributed by atoms with Gasteiger partial charge in [-0.15, -0.1) is 0 Å². The zero-order valence-electron chi connectivity index (χ0n) is 15.9. The van der Waals surface area contributed by atoms with Crippen molar-refractivity contribution in [1.29, 1.82) is 0 Å². The minimum Gasteiger partial charge on any atom is -0.436 e. The summed E-state index contributed by atoms with van der Waals surface area (Å²) in [5, 5.41) is 0. The predicted octanol–water partition coefficient (Wildman–Crippen LogP) is 6.50. The Morgan fingerprint density at radius 1 is 1.04 bits per heavy atom. The Kier molecular flexibility index (Phi) is 4.73. The molecule has 4 rings (SSSR count). The van der Waals surface area contributed by atoms with E-state index in [0.29, 0.717) is 11.7 Å². The van der Waals surface area contributed by atoms with Gasteiger partial charge in [-0.3, -0.25) is 0 Å². The minimum atomic E-state index is -0.419. The van der Waals surface area contributed by atoms with E-state index in [4.69, 9.17) is 4.74 Å². The largest absolute Gasteiger partial charge is 0.436 e. The van der Waals surface area contributed by atoms with Crippen LogP contribution in [0.4, 0.5) is 4.39 Å². The number of rotatable bonds is 3. The lowest BCUT2D eigenvalue weighted by Crippen LogP contribution is -2.35. The fourth-order valence-electron chi connectivity index (χ4n) is 5.49. The summed E-state index contributed by atoms with van der Waals surface area (Å²) in [5.41, 5.74) is 2.19. The maximum atomic E-state index is 13.9. The van der Waals surface area contributed by atoms with Crippen molar-refractivity contribution in [3.63, 3.8) is 0 Å². The van der Waals surface area contributed by atoms with Crippen molar-refractivity contribution in [2.45, 2.75) is 52.4 Å². The van der Waals surface area contributed by atoms with Gasteiger partial charge in [0.1, 0.15) is 5.75 Å². The third-order valence-corrected chi connectivity index (χ3v) is 6.33. The van der Waals surface area contributed by atoms with Crippen molar-refractivity contribution in [3.8, 4) is 11.6 Å². The topological polar surface area (TPSA) is 22.1 Å². The second-order valence-electron chi connectivity index (χ2n) is 8.65. The zero-order valence-corrected chi connectivity index (χ0v) is 15.9. The molecule has 2 bridgehead atoms. The first-order chi connectivity index (χ1) is 12.5. The summed E-state index contributed by atoms with van der Waals surface area (Å²) in [4.78, 5) is 4.05. The van der Waals surface area contributed by atoms with Crippen LogP contribution in [0.1, 0.15) is 56.6 Å². The molecule has 1 heterocycles. The molecule has 0 spiro atoms. The summed E-state index contributed by atoms with van der Waals surface area (Å²) < 4.78 is 19.6. The Labute approximate surface area is 155 Å². The molecular formula is C23H28FNO. The Bertz CT molecular complexity index is 768. The lowest BCUT2D eigenvalue weighted by molar-refractivity contribution is 0.0854. The number of fused-ring (bicyclic) bond motifs is 2. The molecule has 3 heteroatoms. The molecule has 1 aromatic heterocycles. The molecule has 2 aliphatic rings. The van der Waals surface area contributed by atoms with Gasteiger partial charge in [-0.2, -0.15) is 0 Å². The molecule has 2 nitrogen and oxygen atoms in total. The molecule has 2 aliphatic carbocycles. The van der Waals surface area contributed by atoms with Crippen molar-refractivity contribution in [3.05, 3.63) is 53.5 Å². The van der Waals surface area contributed by atoms with Gasteiger partial charge >= 0.3 is 0 Å². The maximum Gasteiger partial charge on any atom is 0.255 e. The molecule has 0 saturated heterocycles. The van der Waals surface area contributed by atoms with E-state index in [1.807, 2.05) is 19.1 Å². The van der Waals surface area contributed by atoms with E-state index in [0.717, 1.165) is 29.2 Å². The van der Waals surface area contributed by atoms with Crippen LogP contribution < -0.4 is 4.74 Å². The van der Waals surface area contributed by atoms with E-state index in [2.05, 4.69) is 31.0 Å². The first kappa shape index (κ1) is 17.5. The number of hydrogen-bond acceptors (Lipinski definition) is 2. The van der Waals surface area contributed by atoms with Crippen molar-refractivity contribution in [2.24, 2.45) is 23.7 Å². The molecule has 5 atom stereocenters. The van der Waals surface area contributed by atoms with E-state index >= 15 is 0 Å². The summed E-state index contributed by atoms with van der Waals surface area (Å²) >= 11 is 0. The summed E-state index contributed by atoms with van der Waals surface area (Å²) in [6.07, 6.45) is 7.12. The molecule has 2 saturated carbocycles. The van der Waals surface area contributed by atoms with E-state index in [1.54, 1.807) is 6.20 Å². The van der Waals surface area contributed by atoms with Crippen molar-refractivity contribution in [2.75, 3.05) is 0 Å². The Morgan fingerprint density at radius 2 is 1.81 bits per heavy atom. The van der Waals surface area contributed by atoms with E-state index in [1.165, 1.54) is 37.3 Å². The summed E-state index contributed by atoms with van der Waals surface area (Å²) in [6.45, 7) is 6.64. The normalized spacial score (nSPS) is 30.8. The highest BCUT2D eigenvalue weighted by molar-refractivity contribution is 5.33. The molecular weight excluding hydrogens is 325 g/mol. The van der Waals surface area contributed by atoms with Gasteiger partial charge in [-0.25, -0.2) is 9.37 Å².